The number of hydrogen-bond donors (Lipinski definition) is 1. The fourth-order valence-electron chi connectivity index (χ4n) is 3.89. The van der Waals surface area contributed by atoms with E-state index in [1.165, 1.54) is 5.56 Å². The van der Waals surface area contributed by atoms with Gasteiger partial charge in [0.25, 0.3) is 0 Å². The number of nitrogens with zero attached hydrogens (tertiary/aromatic N) is 2. The third kappa shape index (κ3) is 5.28. The van der Waals surface area contributed by atoms with E-state index in [4.69, 9.17) is 4.74 Å². The molecule has 0 aliphatic carbocycles. The van der Waals surface area contributed by atoms with Gasteiger partial charge in [0.05, 0.1) is 18.0 Å². The Morgan fingerprint density at radius 1 is 1.21 bits per heavy atom. The van der Waals surface area contributed by atoms with Gasteiger partial charge < -0.3 is 14.5 Å². The highest BCUT2D eigenvalue weighted by molar-refractivity contribution is 6.02. The fourth-order valence-corrected chi connectivity index (χ4v) is 3.89. The minimum absolute atomic E-state index is 0.147. The second kappa shape index (κ2) is 8.43. The Morgan fingerprint density at radius 2 is 1.97 bits per heavy atom. The van der Waals surface area contributed by atoms with Crippen LogP contribution in [-0.2, 0) is 25.5 Å². The Morgan fingerprint density at radius 3 is 2.66 bits per heavy atom. The Labute approximate surface area is 172 Å². The third-order valence-corrected chi connectivity index (χ3v) is 5.23. The highest BCUT2D eigenvalue weighted by atomic mass is 16.6. The molecule has 0 aromatic heterocycles. The zero-order chi connectivity index (χ0) is 21.2. The van der Waals surface area contributed by atoms with E-state index in [1.807, 2.05) is 27.8 Å². The highest BCUT2D eigenvalue weighted by Crippen LogP contribution is 2.38. The molecular weight excluding hydrogens is 370 g/mol. The lowest BCUT2D eigenvalue weighted by Gasteiger charge is -2.31. The van der Waals surface area contributed by atoms with Crippen molar-refractivity contribution in [2.75, 3.05) is 23.5 Å². The van der Waals surface area contributed by atoms with Gasteiger partial charge in [-0.25, -0.2) is 0 Å². The zero-order valence-corrected chi connectivity index (χ0v) is 17.8. The van der Waals surface area contributed by atoms with Gasteiger partial charge in [-0.1, -0.05) is 6.07 Å². The number of amides is 2. The van der Waals surface area contributed by atoms with Gasteiger partial charge in [0, 0.05) is 19.9 Å². The summed E-state index contributed by atoms with van der Waals surface area (Å²) in [5, 5.41) is 2.44. The van der Waals surface area contributed by atoms with Gasteiger partial charge in [-0.2, -0.15) is 0 Å². The van der Waals surface area contributed by atoms with E-state index in [9.17, 15) is 14.4 Å². The number of carbonyl (C=O) groups is 3. The lowest BCUT2D eigenvalue weighted by molar-refractivity contribution is -0.155. The lowest BCUT2D eigenvalue weighted by Crippen LogP contribution is -2.53. The standard InChI is InChI=1S/C22H31N3O4/c1-22(2,3)29-20(27)8-6-5-7-15-9-10-16-18(13-15)24(4)14-25(16)17-11-12-19(26)23-21(17)28/h9-10,13,17H,5-8,11-12,14H2,1-4H3,(H,23,26,28). The fraction of sp³-hybridized carbons (Fsp3) is 0.591. The molecule has 1 saturated heterocycles. The summed E-state index contributed by atoms with van der Waals surface area (Å²) in [5.41, 5.74) is 2.90. The van der Waals surface area contributed by atoms with Crippen LogP contribution in [-0.4, -0.2) is 43.1 Å². The van der Waals surface area contributed by atoms with E-state index >= 15 is 0 Å². The maximum absolute atomic E-state index is 12.3. The monoisotopic (exact) mass is 401 g/mol. The van der Waals surface area contributed by atoms with Crippen LogP contribution in [0.3, 0.4) is 0 Å². The quantitative estimate of drug-likeness (QED) is 0.449. The van der Waals surface area contributed by atoms with Crippen LogP contribution in [0.25, 0.3) is 0 Å². The van der Waals surface area contributed by atoms with Crippen LogP contribution in [0.1, 0.15) is 58.4 Å². The first-order valence-corrected chi connectivity index (χ1v) is 10.3. The Balaban J connectivity index is 1.57. The van der Waals surface area contributed by atoms with Crippen molar-refractivity contribution in [3.05, 3.63) is 23.8 Å². The number of esters is 1. The molecule has 7 nitrogen and oxygen atoms in total. The first-order chi connectivity index (χ1) is 13.6. The number of aryl methyl sites for hydroxylation is 1. The topological polar surface area (TPSA) is 79.0 Å². The molecule has 1 aromatic rings. The van der Waals surface area contributed by atoms with Gasteiger partial charge in [-0.15, -0.1) is 0 Å². The van der Waals surface area contributed by atoms with Crippen molar-refractivity contribution >= 4 is 29.2 Å². The van der Waals surface area contributed by atoms with E-state index < -0.39 is 5.60 Å². The van der Waals surface area contributed by atoms with Crippen molar-refractivity contribution in [1.29, 1.82) is 0 Å². The summed E-state index contributed by atoms with van der Waals surface area (Å²) in [6, 6.07) is 6.00. The number of imide groups is 1. The van der Waals surface area contributed by atoms with Gasteiger partial charge in [0.15, 0.2) is 0 Å². The maximum Gasteiger partial charge on any atom is 0.306 e. The average Bonchev–Trinajstić information content (AvgIpc) is 2.93. The summed E-state index contributed by atoms with van der Waals surface area (Å²) in [5.74, 6) is -0.555. The van der Waals surface area contributed by atoms with Crippen LogP contribution in [0.5, 0.6) is 0 Å². The average molecular weight is 402 g/mol. The molecule has 1 atom stereocenters. The van der Waals surface area contributed by atoms with Crippen molar-refractivity contribution in [3.63, 3.8) is 0 Å². The van der Waals surface area contributed by atoms with Crippen molar-refractivity contribution in [1.82, 2.24) is 5.32 Å². The Kier molecular flexibility index (Phi) is 6.15. The Hall–Kier alpha value is -2.57. The predicted octanol–water partition coefficient (Wildman–Crippen LogP) is 2.76. The molecule has 0 spiro atoms. The molecule has 1 N–H and O–H groups in total. The number of unbranched alkanes of at least 4 members (excludes halogenated alkanes) is 1. The van der Waals surface area contributed by atoms with Crippen LogP contribution in [0.15, 0.2) is 18.2 Å². The molecule has 0 saturated carbocycles. The van der Waals surface area contributed by atoms with Crippen molar-refractivity contribution in [2.45, 2.75) is 70.9 Å². The highest BCUT2D eigenvalue weighted by Gasteiger charge is 2.36. The zero-order valence-electron chi connectivity index (χ0n) is 17.8. The number of anilines is 2. The Bertz CT molecular complexity index is 800. The van der Waals surface area contributed by atoms with E-state index in [1.54, 1.807) is 0 Å². The second-order valence-corrected chi connectivity index (χ2v) is 8.89. The van der Waals surface area contributed by atoms with Crippen LogP contribution in [0, 0.1) is 0 Å². The molecule has 29 heavy (non-hydrogen) atoms. The largest absolute Gasteiger partial charge is 0.460 e. The van der Waals surface area contributed by atoms with Gasteiger partial charge in [-0.3, -0.25) is 19.7 Å². The lowest BCUT2D eigenvalue weighted by atomic mass is 10.0. The first-order valence-electron chi connectivity index (χ1n) is 10.3. The summed E-state index contributed by atoms with van der Waals surface area (Å²) in [6.45, 7) is 6.27. The number of hydrogen-bond acceptors (Lipinski definition) is 6. The van der Waals surface area contributed by atoms with Gasteiger partial charge in [0.2, 0.25) is 11.8 Å². The summed E-state index contributed by atoms with van der Waals surface area (Å²) in [4.78, 5) is 39.7. The normalized spacial score (nSPS) is 19.2. The number of carbonyl (C=O) groups excluding carboxylic acids is 3. The van der Waals surface area contributed by atoms with Gasteiger partial charge in [0.1, 0.15) is 11.6 Å². The number of rotatable bonds is 6. The number of nitrogens with one attached hydrogen (secondary N) is 1. The molecule has 0 bridgehead atoms. The molecule has 0 radical (unpaired) electrons. The summed E-state index contributed by atoms with van der Waals surface area (Å²) < 4.78 is 5.34. The molecule has 2 aliphatic heterocycles. The van der Waals surface area contributed by atoms with Crippen LogP contribution < -0.4 is 15.1 Å². The smallest absolute Gasteiger partial charge is 0.306 e. The number of ether oxygens (including phenoxy) is 1. The molecule has 3 rings (SSSR count). The maximum atomic E-state index is 12.3. The van der Waals surface area contributed by atoms with Crippen LogP contribution in [0.4, 0.5) is 11.4 Å². The van der Waals surface area contributed by atoms with Crippen LogP contribution >= 0.6 is 0 Å². The number of benzene rings is 1. The predicted molar refractivity (Wildman–Crippen MR) is 112 cm³/mol. The van der Waals surface area contributed by atoms with Crippen molar-refractivity contribution in [3.8, 4) is 0 Å². The summed E-state index contributed by atoms with van der Waals surface area (Å²) in [6.07, 6.45) is 3.96. The summed E-state index contributed by atoms with van der Waals surface area (Å²) >= 11 is 0. The van der Waals surface area contributed by atoms with E-state index in [0.717, 1.165) is 30.6 Å². The molecule has 2 amide bonds. The SMILES string of the molecule is CN1CN(C2CCC(=O)NC2=O)c2ccc(CCCCC(=O)OC(C)(C)C)cc21. The second-order valence-electron chi connectivity index (χ2n) is 8.89. The van der Waals surface area contributed by atoms with Gasteiger partial charge in [-0.05, 0) is 64.2 Å². The molecule has 1 unspecified atom stereocenters. The first kappa shape index (κ1) is 21.1. The third-order valence-electron chi connectivity index (χ3n) is 5.23. The molecule has 2 heterocycles. The molecule has 7 heteroatoms. The van der Waals surface area contributed by atoms with Crippen molar-refractivity contribution in [2.24, 2.45) is 0 Å². The minimum atomic E-state index is -0.434. The van der Waals surface area contributed by atoms with E-state index in [2.05, 4.69) is 33.3 Å². The number of fused-ring (bicyclic) bond motifs is 1. The van der Waals surface area contributed by atoms with Crippen molar-refractivity contribution < 1.29 is 19.1 Å². The molecular formula is C22H31N3O4. The summed E-state index contributed by atoms with van der Waals surface area (Å²) in [7, 11) is 2.01. The van der Waals surface area contributed by atoms with E-state index in [-0.39, 0.29) is 23.8 Å². The molecule has 1 aromatic carbocycles. The number of piperidine rings is 1. The van der Waals surface area contributed by atoms with Gasteiger partial charge >= 0.3 is 5.97 Å². The van der Waals surface area contributed by atoms with Crippen LogP contribution in [0.2, 0.25) is 0 Å². The molecule has 2 aliphatic rings. The molecule has 158 valence electrons. The molecule has 1 fully saturated rings. The minimum Gasteiger partial charge on any atom is -0.460 e. The van der Waals surface area contributed by atoms with E-state index in [0.29, 0.717) is 25.9 Å².